The summed E-state index contributed by atoms with van der Waals surface area (Å²) < 4.78 is 28.8. The van der Waals surface area contributed by atoms with Gasteiger partial charge in [0.25, 0.3) is 0 Å². The van der Waals surface area contributed by atoms with Crippen LogP contribution in [0.3, 0.4) is 0 Å². The van der Waals surface area contributed by atoms with Crippen LogP contribution < -0.4 is 0 Å². The van der Waals surface area contributed by atoms with Crippen molar-refractivity contribution in [3.8, 4) is 0 Å². The predicted octanol–water partition coefficient (Wildman–Crippen LogP) is 4.66. The van der Waals surface area contributed by atoms with E-state index in [1.807, 2.05) is 13.8 Å². The fraction of sp³-hybridized carbons (Fsp3) is 0.824. The minimum absolute atomic E-state index is 0.110. The summed E-state index contributed by atoms with van der Waals surface area (Å²) in [5.74, 6) is 0.155. The van der Waals surface area contributed by atoms with Gasteiger partial charge in [0.05, 0.1) is 13.2 Å². The summed E-state index contributed by atoms with van der Waals surface area (Å²) in [6.45, 7) is 7.81. The van der Waals surface area contributed by atoms with Gasteiger partial charge in [0, 0.05) is 19.2 Å². The van der Waals surface area contributed by atoms with Crippen molar-refractivity contribution in [1.82, 2.24) is 4.90 Å². The molecular weight excluding hydrogens is 329 g/mol. The molecule has 1 amide bonds. The molecule has 0 spiro atoms. The lowest BCUT2D eigenvalue weighted by molar-refractivity contribution is -0.127. The van der Waals surface area contributed by atoms with Gasteiger partial charge in [-0.15, -0.1) is 0 Å². The van der Waals surface area contributed by atoms with E-state index in [-0.39, 0.29) is 11.7 Å². The Hall–Kier alpha value is -0.840. The summed E-state index contributed by atoms with van der Waals surface area (Å²) in [4.78, 5) is 14.0. The first kappa shape index (κ1) is 21.2. The second kappa shape index (κ2) is 11.7. The van der Waals surface area contributed by atoms with Gasteiger partial charge in [0.2, 0.25) is 5.91 Å². The molecule has 1 saturated heterocycles. The van der Waals surface area contributed by atoms with Gasteiger partial charge in [-0.25, -0.2) is 4.57 Å². The summed E-state index contributed by atoms with van der Waals surface area (Å²) in [6, 6.07) is 0. The molecule has 0 aromatic rings. The fourth-order valence-corrected chi connectivity index (χ4v) is 3.60. The summed E-state index contributed by atoms with van der Waals surface area (Å²) in [6.07, 6.45) is 8.00. The Morgan fingerprint density at radius 3 is 2.08 bits per heavy atom. The maximum Gasteiger partial charge on any atom is 0.529 e. The van der Waals surface area contributed by atoms with Crippen LogP contribution in [0.4, 0.5) is 0 Å². The molecule has 0 atom stereocenters. The third-order valence-electron chi connectivity index (χ3n) is 3.74. The maximum absolute atomic E-state index is 12.7. The molecule has 0 aliphatic carbocycles. The van der Waals surface area contributed by atoms with Crippen LogP contribution in [0, 0.1) is 0 Å². The van der Waals surface area contributed by atoms with Gasteiger partial charge in [-0.2, -0.15) is 0 Å². The minimum atomic E-state index is -3.67. The molecule has 0 unspecified atom stereocenters. The number of phosphoric ester groups is 1. The van der Waals surface area contributed by atoms with Crippen LogP contribution in [0.15, 0.2) is 11.8 Å². The smallest absolute Gasteiger partial charge is 0.409 e. The molecule has 0 bridgehead atoms. The number of amides is 1. The van der Waals surface area contributed by atoms with E-state index in [1.54, 1.807) is 11.8 Å². The zero-order valence-electron chi connectivity index (χ0n) is 15.3. The largest absolute Gasteiger partial charge is 0.529 e. The summed E-state index contributed by atoms with van der Waals surface area (Å²) >= 11 is 0. The molecule has 0 aromatic heterocycles. The Bertz CT molecular complexity index is 432. The number of likely N-dealkylation sites (tertiary alicyclic amines) is 1. The first-order valence-corrected chi connectivity index (χ1v) is 10.5. The number of carbonyl (C=O) groups excluding carboxylic acids is 1. The Kier molecular flexibility index (Phi) is 10.3. The highest BCUT2D eigenvalue weighted by atomic mass is 31.2. The molecule has 1 heterocycles. The molecule has 6 nitrogen and oxygen atoms in total. The first-order chi connectivity index (χ1) is 11.5. The van der Waals surface area contributed by atoms with Crippen molar-refractivity contribution in [1.29, 1.82) is 0 Å². The highest BCUT2D eigenvalue weighted by Crippen LogP contribution is 2.51. The normalized spacial score (nSPS) is 16.3. The van der Waals surface area contributed by atoms with E-state index in [4.69, 9.17) is 13.6 Å². The number of hydrogen-bond acceptors (Lipinski definition) is 5. The Balaban J connectivity index is 2.62. The number of rotatable bonds is 11. The monoisotopic (exact) mass is 361 g/mol. The Morgan fingerprint density at radius 1 is 1.04 bits per heavy atom. The van der Waals surface area contributed by atoms with Crippen molar-refractivity contribution < 1.29 is 22.9 Å². The SMILES string of the molecule is CCCCOP(=O)(OCCCC)O/C(C)=C/C(=O)N1CCCCC1. The van der Waals surface area contributed by atoms with Crippen LogP contribution >= 0.6 is 7.82 Å². The second-order valence-corrected chi connectivity index (χ2v) is 7.65. The topological polar surface area (TPSA) is 65.1 Å². The fourth-order valence-electron chi connectivity index (χ4n) is 2.31. The van der Waals surface area contributed by atoms with E-state index < -0.39 is 7.82 Å². The van der Waals surface area contributed by atoms with Crippen LogP contribution in [0.2, 0.25) is 0 Å². The molecule has 0 radical (unpaired) electrons. The van der Waals surface area contributed by atoms with Crippen molar-refractivity contribution in [3.63, 3.8) is 0 Å². The number of carbonyl (C=O) groups is 1. The third-order valence-corrected chi connectivity index (χ3v) is 5.25. The zero-order chi connectivity index (χ0) is 17.8. The summed E-state index contributed by atoms with van der Waals surface area (Å²) in [5.41, 5.74) is 0. The number of unbranched alkanes of at least 4 members (excludes halogenated alkanes) is 2. The quantitative estimate of drug-likeness (QED) is 0.232. The van der Waals surface area contributed by atoms with Gasteiger partial charge in [-0.1, -0.05) is 26.7 Å². The second-order valence-electron chi connectivity index (χ2n) is 6.05. The lowest BCUT2D eigenvalue weighted by Gasteiger charge is -2.25. The highest BCUT2D eigenvalue weighted by molar-refractivity contribution is 7.48. The molecule has 24 heavy (non-hydrogen) atoms. The average Bonchev–Trinajstić information content (AvgIpc) is 2.56. The van der Waals surface area contributed by atoms with Crippen molar-refractivity contribution in [2.24, 2.45) is 0 Å². The molecule has 1 aliphatic rings. The van der Waals surface area contributed by atoms with Crippen LogP contribution in [0.1, 0.15) is 65.7 Å². The number of nitrogens with zero attached hydrogens (tertiary/aromatic N) is 1. The predicted molar refractivity (Wildman–Crippen MR) is 94.6 cm³/mol. The van der Waals surface area contributed by atoms with Gasteiger partial charge >= 0.3 is 7.82 Å². The van der Waals surface area contributed by atoms with Gasteiger partial charge < -0.3 is 9.42 Å². The van der Waals surface area contributed by atoms with E-state index in [0.29, 0.717) is 13.2 Å². The summed E-state index contributed by atoms with van der Waals surface area (Å²) in [7, 11) is -3.67. The molecular formula is C17H32NO5P. The standard InChI is InChI=1S/C17H32NO5P/c1-4-6-13-21-24(20,22-14-7-5-2)23-16(3)15-17(19)18-11-9-8-10-12-18/h15H,4-14H2,1-3H3/b16-15+. The van der Waals surface area contributed by atoms with E-state index in [2.05, 4.69) is 0 Å². The van der Waals surface area contributed by atoms with Crippen molar-refractivity contribution in [3.05, 3.63) is 11.8 Å². The van der Waals surface area contributed by atoms with Crippen LogP contribution in [-0.4, -0.2) is 37.1 Å². The van der Waals surface area contributed by atoms with Crippen LogP contribution in [0.25, 0.3) is 0 Å². The van der Waals surface area contributed by atoms with Crippen LogP contribution in [-0.2, 0) is 22.9 Å². The van der Waals surface area contributed by atoms with Crippen molar-refractivity contribution in [2.45, 2.75) is 65.7 Å². The van der Waals surface area contributed by atoms with Crippen LogP contribution in [0.5, 0.6) is 0 Å². The number of allylic oxidation sites excluding steroid dienone is 1. The average molecular weight is 361 g/mol. The van der Waals surface area contributed by atoms with Crippen molar-refractivity contribution >= 4 is 13.7 Å². The number of phosphoric acid groups is 1. The lowest BCUT2D eigenvalue weighted by atomic mass is 10.1. The molecule has 140 valence electrons. The van der Waals surface area contributed by atoms with Gasteiger partial charge in [-0.3, -0.25) is 13.8 Å². The third kappa shape index (κ3) is 8.32. The zero-order valence-corrected chi connectivity index (χ0v) is 16.2. The van der Waals surface area contributed by atoms with E-state index in [1.165, 1.54) is 6.08 Å². The van der Waals surface area contributed by atoms with Gasteiger partial charge in [0.15, 0.2) is 0 Å². The van der Waals surface area contributed by atoms with E-state index in [0.717, 1.165) is 58.0 Å². The lowest BCUT2D eigenvalue weighted by Crippen LogP contribution is -2.34. The molecule has 7 heteroatoms. The van der Waals surface area contributed by atoms with E-state index >= 15 is 0 Å². The highest BCUT2D eigenvalue weighted by Gasteiger charge is 2.28. The Morgan fingerprint density at radius 2 is 1.58 bits per heavy atom. The molecule has 1 aliphatic heterocycles. The Labute approximate surface area is 146 Å². The number of hydrogen-bond donors (Lipinski definition) is 0. The molecule has 1 fully saturated rings. The molecule has 0 N–H and O–H groups in total. The first-order valence-electron chi connectivity index (χ1n) is 9.06. The molecule has 0 saturated carbocycles. The molecule has 0 aromatic carbocycles. The molecule has 1 rings (SSSR count). The van der Waals surface area contributed by atoms with Crippen molar-refractivity contribution in [2.75, 3.05) is 26.3 Å². The summed E-state index contributed by atoms with van der Waals surface area (Å²) in [5, 5.41) is 0. The van der Waals surface area contributed by atoms with E-state index in [9.17, 15) is 9.36 Å². The van der Waals surface area contributed by atoms with Gasteiger partial charge in [0.1, 0.15) is 5.76 Å². The van der Waals surface area contributed by atoms with Gasteiger partial charge in [-0.05, 0) is 39.0 Å². The maximum atomic E-state index is 12.7. The number of piperidine rings is 1. The minimum Gasteiger partial charge on any atom is -0.409 e.